The summed E-state index contributed by atoms with van der Waals surface area (Å²) >= 11 is 0. The molecule has 0 radical (unpaired) electrons. The van der Waals surface area contributed by atoms with Gasteiger partial charge >= 0.3 is 6.09 Å². The van der Waals surface area contributed by atoms with Crippen molar-refractivity contribution in [1.82, 2.24) is 0 Å². The maximum Gasteiger partial charge on any atom is 0.411 e. The van der Waals surface area contributed by atoms with Crippen LogP contribution >= 0.6 is 0 Å². The van der Waals surface area contributed by atoms with E-state index in [1.807, 2.05) is 24.3 Å². The van der Waals surface area contributed by atoms with Gasteiger partial charge in [-0.3, -0.25) is 5.32 Å². The summed E-state index contributed by atoms with van der Waals surface area (Å²) in [6.45, 7) is 2.21. The molecule has 1 aromatic rings. The van der Waals surface area contributed by atoms with Gasteiger partial charge in [0.05, 0.1) is 7.11 Å². The second-order valence-electron chi connectivity index (χ2n) is 4.69. The third-order valence-electron chi connectivity index (χ3n) is 3.30. The number of ether oxygens (including phenoxy) is 1. The Morgan fingerprint density at radius 1 is 1.33 bits per heavy atom. The zero-order valence-corrected chi connectivity index (χ0v) is 10.9. The molecule has 1 amide bonds. The van der Waals surface area contributed by atoms with Gasteiger partial charge in [0.25, 0.3) is 0 Å². The number of methoxy groups -OCH3 is 1. The van der Waals surface area contributed by atoms with E-state index < -0.39 is 6.09 Å². The molecule has 1 saturated carbocycles. The van der Waals surface area contributed by atoms with Crippen molar-refractivity contribution in [2.24, 2.45) is 5.92 Å². The fourth-order valence-corrected chi connectivity index (χ4v) is 2.08. The molecule has 1 aliphatic carbocycles. The fourth-order valence-electron chi connectivity index (χ4n) is 2.08. The molecule has 1 aliphatic rings. The van der Waals surface area contributed by atoms with Crippen LogP contribution in [0.5, 0.6) is 0 Å². The summed E-state index contributed by atoms with van der Waals surface area (Å²) in [5, 5.41) is 6.17. The normalized spacial score (nSPS) is 15.9. The van der Waals surface area contributed by atoms with Crippen LogP contribution in [-0.4, -0.2) is 19.2 Å². The van der Waals surface area contributed by atoms with E-state index in [2.05, 4.69) is 22.3 Å². The van der Waals surface area contributed by atoms with Crippen molar-refractivity contribution in [3.63, 3.8) is 0 Å². The van der Waals surface area contributed by atoms with Gasteiger partial charge in [-0.2, -0.15) is 0 Å². The van der Waals surface area contributed by atoms with E-state index >= 15 is 0 Å². The lowest BCUT2D eigenvalue weighted by Crippen LogP contribution is -2.20. The van der Waals surface area contributed by atoms with E-state index in [0.717, 1.165) is 23.7 Å². The van der Waals surface area contributed by atoms with E-state index in [0.29, 0.717) is 6.04 Å². The molecular formula is C14H20N2O2. The van der Waals surface area contributed by atoms with Crippen molar-refractivity contribution < 1.29 is 9.53 Å². The number of amides is 1. The van der Waals surface area contributed by atoms with Gasteiger partial charge in [0, 0.05) is 17.4 Å². The van der Waals surface area contributed by atoms with E-state index in [9.17, 15) is 4.79 Å². The Morgan fingerprint density at radius 3 is 2.44 bits per heavy atom. The lowest BCUT2D eigenvalue weighted by atomic mass is 10.1. The maximum absolute atomic E-state index is 11.0. The van der Waals surface area contributed by atoms with Crippen molar-refractivity contribution in [3.8, 4) is 0 Å². The summed E-state index contributed by atoms with van der Waals surface area (Å²) < 4.78 is 4.54. The lowest BCUT2D eigenvalue weighted by molar-refractivity contribution is 0.187. The molecule has 0 bridgehead atoms. The van der Waals surface area contributed by atoms with Gasteiger partial charge in [-0.25, -0.2) is 4.79 Å². The Hall–Kier alpha value is -1.71. The first-order valence-electron chi connectivity index (χ1n) is 6.44. The molecular weight excluding hydrogens is 228 g/mol. The standard InChI is InChI=1S/C14H20N2O2/c1-3-13(10-4-5-10)15-11-6-8-12(9-7-11)16-14(17)18-2/h6-10,13,15H,3-5H2,1-2H3,(H,16,17). The maximum atomic E-state index is 11.0. The lowest BCUT2D eigenvalue weighted by Gasteiger charge is -2.17. The third kappa shape index (κ3) is 3.39. The number of anilines is 2. The second kappa shape index (κ2) is 5.76. The SMILES string of the molecule is CCC(Nc1ccc(NC(=O)OC)cc1)C1CC1. The van der Waals surface area contributed by atoms with E-state index in [1.165, 1.54) is 20.0 Å². The molecule has 98 valence electrons. The van der Waals surface area contributed by atoms with E-state index in [4.69, 9.17) is 0 Å². The number of hydrogen-bond donors (Lipinski definition) is 2. The molecule has 0 heterocycles. The van der Waals surface area contributed by atoms with Crippen molar-refractivity contribution in [2.75, 3.05) is 17.7 Å². The largest absolute Gasteiger partial charge is 0.453 e. The van der Waals surface area contributed by atoms with Crippen LogP contribution in [0.25, 0.3) is 0 Å². The summed E-state index contributed by atoms with van der Waals surface area (Å²) in [4.78, 5) is 11.0. The number of hydrogen-bond acceptors (Lipinski definition) is 3. The highest BCUT2D eigenvalue weighted by Gasteiger charge is 2.29. The molecule has 1 aromatic carbocycles. The quantitative estimate of drug-likeness (QED) is 0.839. The summed E-state index contributed by atoms with van der Waals surface area (Å²) in [5.74, 6) is 0.836. The van der Waals surface area contributed by atoms with Crippen LogP contribution in [0.15, 0.2) is 24.3 Å². The first-order chi connectivity index (χ1) is 8.72. The van der Waals surface area contributed by atoms with Crippen molar-refractivity contribution in [3.05, 3.63) is 24.3 Å². The molecule has 4 heteroatoms. The minimum Gasteiger partial charge on any atom is -0.453 e. The predicted molar refractivity (Wildman–Crippen MR) is 72.9 cm³/mol. The molecule has 4 nitrogen and oxygen atoms in total. The van der Waals surface area contributed by atoms with Crippen molar-refractivity contribution in [2.45, 2.75) is 32.2 Å². The van der Waals surface area contributed by atoms with Gasteiger partial charge in [-0.1, -0.05) is 6.92 Å². The Balaban J connectivity index is 1.92. The first-order valence-corrected chi connectivity index (χ1v) is 6.44. The van der Waals surface area contributed by atoms with Gasteiger partial charge in [0.2, 0.25) is 0 Å². The molecule has 1 atom stereocenters. The van der Waals surface area contributed by atoms with Crippen LogP contribution in [0.2, 0.25) is 0 Å². The Labute approximate surface area is 108 Å². The molecule has 2 rings (SSSR count). The molecule has 1 fully saturated rings. The fraction of sp³-hybridized carbons (Fsp3) is 0.500. The van der Waals surface area contributed by atoms with Gasteiger partial charge < -0.3 is 10.1 Å². The zero-order valence-electron chi connectivity index (χ0n) is 10.9. The molecule has 2 N–H and O–H groups in total. The minimum absolute atomic E-state index is 0.444. The van der Waals surface area contributed by atoms with Crippen molar-refractivity contribution >= 4 is 17.5 Å². The average molecular weight is 248 g/mol. The van der Waals surface area contributed by atoms with Crippen LogP contribution in [0, 0.1) is 5.92 Å². The monoisotopic (exact) mass is 248 g/mol. The van der Waals surface area contributed by atoms with Crippen LogP contribution in [-0.2, 0) is 4.74 Å². The van der Waals surface area contributed by atoms with Gasteiger partial charge in [0.1, 0.15) is 0 Å². The minimum atomic E-state index is -0.444. The highest BCUT2D eigenvalue weighted by Crippen LogP contribution is 2.35. The first kappa shape index (κ1) is 12.7. The molecule has 0 aliphatic heterocycles. The van der Waals surface area contributed by atoms with E-state index in [1.54, 1.807) is 0 Å². The van der Waals surface area contributed by atoms with Gasteiger partial charge in [-0.15, -0.1) is 0 Å². The summed E-state index contributed by atoms with van der Waals surface area (Å²) in [6.07, 6.45) is 3.38. The van der Waals surface area contributed by atoms with Crippen LogP contribution < -0.4 is 10.6 Å². The topological polar surface area (TPSA) is 50.4 Å². The van der Waals surface area contributed by atoms with Crippen LogP contribution in [0.4, 0.5) is 16.2 Å². The smallest absolute Gasteiger partial charge is 0.411 e. The number of carbonyl (C=O) groups is 1. The van der Waals surface area contributed by atoms with E-state index in [-0.39, 0.29) is 0 Å². The van der Waals surface area contributed by atoms with Crippen molar-refractivity contribution in [1.29, 1.82) is 0 Å². The molecule has 0 spiro atoms. The Bertz CT molecular complexity index is 399. The number of carbonyl (C=O) groups excluding carboxylic acids is 1. The molecule has 18 heavy (non-hydrogen) atoms. The second-order valence-corrected chi connectivity index (χ2v) is 4.69. The number of benzene rings is 1. The third-order valence-corrected chi connectivity index (χ3v) is 3.30. The summed E-state index contributed by atoms with van der Waals surface area (Å²) in [5.41, 5.74) is 1.84. The highest BCUT2D eigenvalue weighted by atomic mass is 16.5. The molecule has 0 saturated heterocycles. The summed E-state index contributed by atoms with van der Waals surface area (Å²) in [6, 6.07) is 8.29. The Kier molecular flexibility index (Phi) is 4.07. The Morgan fingerprint density at radius 2 is 1.94 bits per heavy atom. The van der Waals surface area contributed by atoms with Gasteiger partial charge in [0.15, 0.2) is 0 Å². The zero-order chi connectivity index (χ0) is 13.0. The summed E-state index contributed by atoms with van der Waals surface area (Å²) in [7, 11) is 1.35. The van der Waals surface area contributed by atoms with Crippen LogP contribution in [0.3, 0.4) is 0 Å². The highest BCUT2D eigenvalue weighted by molar-refractivity contribution is 5.84. The van der Waals surface area contributed by atoms with Crippen LogP contribution in [0.1, 0.15) is 26.2 Å². The number of rotatable bonds is 5. The number of nitrogens with one attached hydrogen (secondary N) is 2. The molecule has 1 unspecified atom stereocenters. The molecule has 0 aromatic heterocycles. The predicted octanol–water partition coefficient (Wildman–Crippen LogP) is 3.47. The average Bonchev–Trinajstić information content (AvgIpc) is 3.22. The van der Waals surface area contributed by atoms with Gasteiger partial charge in [-0.05, 0) is 49.4 Å².